The lowest BCUT2D eigenvalue weighted by molar-refractivity contribution is 0.222. The van der Waals surface area contributed by atoms with Crippen LogP contribution in [0.15, 0.2) is 24.3 Å². The maximum Gasteiger partial charge on any atom is 0.0366 e. The number of hydrogen-bond acceptors (Lipinski definition) is 2. The summed E-state index contributed by atoms with van der Waals surface area (Å²) in [5, 5.41) is 3.47. The van der Waals surface area contributed by atoms with E-state index in [1.807, 2.05) is 0 Å². The Kier molecular flexibility index (Phi) is 5.32. The molecule has 1 aromatic rings. The van der Waals surface area contributed by atoms with Gasteiger partial charge >= 0.3 is 0 Å². The lowest BCUT2D eigenvalue weighted by atomic mass is 9.75. The van der Waals surface area contributed by atoms with Crippen molar-refractivity contribution in [1.29, 1.82) is 0 Å². The van der Waals surface area contributed by atoms with Crippen LogP contribution in [0.25, 0.3) is 0 Å². The number of hydrogen-bond donors (Lipinski definition) is 1. The van der Waals surface area contributed by atoms with Crippen LogP contribution in [0.1, 0.15) is 58.9 Å². The molecule has 2 rings (SSSR count). The highest BCUT2D eigenvalue weighted by Gasteiger charge is 2.28. The van der Waals surface area contributed by atoms with E-state index in [-0.39, 0.29) is 0 Å². The average Bonchev–Trinajstić information content (AvgIpc) is 2.45. The van der Waals surface area contributed by atoms with Crippen molar-refractivity contribution in [2.75, 3.05) is 11.9 Å². The van der Waals surface area contributed by atoms with Crippen LogP contribution in [0.5, 0.6) is 0 Å². The maximum absolute atomic E-state index is 3.47. The third-order valence-corrected chi connectivity index (χ3v) is 4.91. The molecule has 1 N–H and O–H groups in total. The van der Waals surface area contributed by atoms with E-state index in [9.17, 15) is 0 Å². The molecule has 0 amide bonds. The molecule has 118 valence electrons. The summed E-state index contributed by atoms with van der Waals surface area (Å²) in [5.41, 5.74) is 3.27. The molecule has 2 nitrogen and oxygen atoms in total. The molecule has 0 bridgehead atoms. The van der Waals surface area contributed by atoms with Gasteiger partial charge in [-0.2, -0.15) is 0 Å². The Morgan fingerprint density at radius 3 is 2.24 bits per heavy atom. The van der Waals surface area contributed by atoms with Crippen molar-refractivity contribution in [2.45, 2.75) is 72.0 Å². The van der Waals surface area contributed by atoms with Gasteiger partial charge in [-0.15, -0.1) is 0 Å². The molecule has 1 aliphatic rings. The van der Waals surface area contributed by atoms with Gasteiger partial charge in [-0.25, -0.2) is 0 Å². The van der Waals surface area contributed by atoms with E-state index in [0.717, 1.165) is 6.54 Å². The van der Waals surface area contributed by atoms with E-state index in [0.29, 0.717) is 17.5 Å². The molecule has 0 heterocycles. The van der Waals surface area contributed by atoms with Crippen molar-refractivity contribution in [2.24, 2.45) is 5.41 Å². The van der Waals surface area contributed by atoms with Gasteiger partial charge in [-0.05, 0) is 48.8 Å². The quantitative estimate of drug-likeness (QED) is 0.852. The van der Waals surface area contributed by atoms with Crippen LogP contribution in [0, 0.1) is 5.41 Å². The van der Waals surface area contributed by atoms with Crippen molar-refractivity contribution in [3.05, 3.63) is 29.8 Å². The van der Waals surface area contributed by atoms with Gasteiger partial charge in [0.25, 0.3) is 0 Å². The topological polar surface area (TPSA) is 15.3 Å². The lowest BCUT2D eigenvalue weighted by Crippen LogP contribution is -2.37. The van der Waals surface area contributed by atoms with Crippen molar-refractivity contribution >= 4 is 5.69 Å². The predicted molar refractivity (Wildman–Crippen MR) is 92.9 cm³/mol. The molecular weight excluding hydrogens is 256 g/mol. The molecule has 2 heteroatoms. The standard InChI is InChI=1S/C19H32N2/c1-15(2)20-14-16-6-8-17(9-7-16)21(5)18-10-12-19(3,4)13-11-18/h6-9,15,18,20H,10-14H2,1-5H3. The Bertz CT molecular complexity index is 423. The van der Waals surface area contributed by atoms with E-state index in [4.69, 9.17) is 0 Å². The minimum Gasteiger partial charge on any atom is -0.372 e. The lowest BCUT2D eigenvalue weighted by Gasteiger charge is -2.39. The van der Waals surface area contributed by atoms with Crippen LogP contribution in [0.3, 0.4) is 0 Å². The zero-order valence-corrected chi connectivity index (χ0v) is 14.4. The summed E-state index contributed by atoms with van der Waals surface area (Å²) in [6.07, 6.45) is 5.33. The number of anilines is 1. The molecule has 1 aromatic carbocycles. The van der Waals surface area contributed by atoms with E-state index < -0.39 is 0 Å². The smallest absolute Gasteiger partial charge is 0.0366 e. The normalized spacial score (nSPS) is 19.0. The fourth-order valence-electron chi connectivity index (χ4n) is 3.15. The summed E-state index contributed by atoms with van der Waals surface area (Å²) >= 11 is 0. The van der Waals surface area contributed by atoms with Gasteiger partial charge < -0.3 is 10.2 Å². The fourth-order valence-corrected chi connectivity index (χ4v) is 3.15. The van der Waals surface area contributed by atoms with Gasteiger partial charge in [0.2, 0.25) is 0 Å². The molecular formula is C19H32N2. The SMILES string of the molecule is CC(C)NCc1ccc(N(C)C2CCC(C)(C)CC2)cc1. The Hall–Kier alpha value is -1.02. The minimum atomic E-state index is 0.540. The van der Waals surface area contributed by atoms with E-state index in [1.165, 1.54) is 36.9 Å². The van der Waals surface area contributed by atoms with E-state index >= 15 is 0 Å². The molecule has 0 unspecified atom stereocenters. The van der Waals surface area contributed by atoms with E-state index in [2.05, 4.69) is 69.2 Å². The second-order valence-corrected chi connectivity index (χ2v) is 7.71. The van der Waals surface area contributed by atoms with Crippen molar-refractivity contribution < 1.29 is 0 Å². The highest BCUT2D eigenvalue weighted by Crippen LogP contribution is 2.37. The van der Waals surface area contributed by atoms with Crippen molar-refractivity contribution in [1.82, 2.24) is 5.32 Å². The van der Waals surface area contributed by atoms with Gasteiger partial charge in [0, 0.05) is 31.4 Å². The highest BCUT2D eigenvalue weighted by atomic mass is 15.1. The molecule has 0 aromatic heterocycles. The van der Waals surface area contributed by atoms with Crippen LogP contribution in [-0.4, -0.2) is 19.1 Å². The van der Waals surface area contributed by atoms with Crippen molar-refractivity contribution in [3.8, 4) is 0 Å². The summed E-state index contributed by atoms with van der Waals surface area (Å²) in [4.78, 5) is 2.48. The van der Waals surface area contributed by atoms with Crippen molar-refractivity contribution in [3.63, 3.8) is 0 Å². The predicted octanol–water partition coefficient (Wildman–Crippen LogP) is 4.59. The molecule has 0 saturated heterocycles. The summed E-state index contributed by atoms with van der Waals surface area (Å²) in [5.74, 6) is 0. The molecule has 0 spiro atoms. The monoisotopic (exact) mass is 288 g/mol. The number of benzene rings is 1. The Morgan fingerprint density at radius 1 is 1.14 bits per heavy atom. The van der Waals surface area contributed by atoms with Crippen LogP contribution >= 0.6 is 0 Å². The second-order valence-electron chi connectivity index (χ2n) is 7.71. The maximum atomic E-state index is 3.47. The second kappa shape index (κ2) is 6.83. The fraction of sp³-hybridized carbons (Fsp3) is 0.684. The molecule has 1 fully saturated rings. The van der Waals surface area contributed by atoms with Gasteiger partial charge in [-0.1, -0.05) is 39.8 Å². The molecule has 1 aliphatic carbocycles. The minimum absolute atomic E-state index is 0.540. The molecule has 0 aliphatic heterocycles. The van der Waals surface area contributed by atoms with Gasteiger partial charge in [0.1, 0.15) is 0 Å². The first-order chi connectivity index (χ1) is 9.87. The van der Waals surface area contributed by atoms with Crippen LogP contribution in [-0.2, 0) is 6.54 Å². The van der Waals surface area contributed by atoms with Gasteiger partial charge in [0.05, 0.1) is 0 Å². The summed E-state index contributed by atoms with van der Waals surface area (Å²) in [6.45, 7) is 10.1. The molecule has 1 saturated carbocycles. The molecule has 21 heavy (non-hydrogen) atoms. The van der Waals surface area contributed by atoms with E-state index in [1.54, 1.807) is 0 Å². The molecule has 0 radical (unpaired) electrons. The third kappa shape index (κ3) is 4.74. The first-order valence-electron chi connectivity index (χ1n) is 8.42. The first-order valence-corrected chi connectivity index (χ1v) is 8.42. The van der Waals surface area contributed by atoms with Gasteiger partial charge in [0.15, 0.2) is 0 Å². The number of rotatable bonds is 5. The number of nitrogens with zero attached hydrogens (tertiary/aromatic N) is 1. The van der Waals surface area contributed by atoms with Gasteiger partial charge in [-0.3, -0.25) is 0 Å². The molecule has 0 atom stereocenters. The summed E-state index contributed by atoms with van der Waals surface area (Å²) < 4.78 is 0. The van der Waals surface area contributed by atoms with Crippen LogP contribution in [0.4, 0.5) is 5.69 Å². The highest BCUT2D eigenvalue weighted by molar-refractivity contribution is 5.48. The largest absolute Gasteiger partial charge is 0.372 e. The summed E-state index contributed by atoms with van der Waals surface area (Å²) in [6, 6.07) is 10.3. The number of nitrogens with one attached hydrogen (secondary N) is 1. The Morgan fingerprint density at radius 2 is 1.71 bits per heavy atom. The van der Waals surface area contributed by atoms with Crippen LogP contribution < -0.4 is 10.2 Å². The third-order valence-electron chi connectivity index (χ3n) is 4.91. The average molecular weight is 288 g/mol. The Labute approximate surface area is 130 Å². The zero-order chi connectivity index (χ0) is 15.5. The summed E-state index contributed by atoms with van der Waals surface area (Å²) in [7, 11) is 2.25. The first kappa shape index (κ1) is 16.4. The zero-order valence-electron chi connectivity index (χ0n) is 14.4. The van der Waals surface area contributed by atoms with Crippen LogP contribution in [0.2, 0.25) is 0 Å². The Balaban J connectivity index is 1.92.